The van der Waals surface area contributed by atoms with Crippen molar-refractivity contribution < 1.29 is 4.74 Å². The lowest BCUT2D eigenvalue weighted by Gasteiger charge is -2.09. The summed E-state index contributed by atoms with van der Waals surface area (Å²) in [6.07, 6.45) is 2.48. The van der Waals surface area contributed by atoms with Gasteiger partial charge < -0.3 is 10.5 Å². The third-order valence-electron chi connectivity index (χ3n) is 2.56. The van der Waals surface area contributed by atoms with Crippen molar-refractivity contribution in [2.45, 2.75) is 20.3 Å². The van der Waals surface area contributed by atoms with Crippen LogP contribution < -0.4 is 10.5 Å². The van der Waals surface area contributed by atoms with Gasteiger partial charge >= 0.3 is 0 Å². The Morgan fingerprint density at radius 1 is 1.39 bits per heavy atom. The van der Waals surface area contributed by atoms with Crippen molar-refractivity contribution in [3.8, 4) is 11.6 Å². The molecule has 1 heterocycles. The normalized spacial score (nSPS) is 10.4. The topological polar surface area (TPSA) is 61.0 Å². The molecule has 0 atom stereocenters. The number of aromatic nitrogens is 2. The highest BCUT2D eigenvalue weighted by Gasteiger charge is 2.06. The average Bonchev–Trinajstić information content (AvgIpc) is 2.36. The van der Waals surface area contributed by atoms with Gasteiger partial charge in [0.15, 0.2) is 0 Å². The molecule has 0 aliphatic rings. The van der Waals surface area contributed by atoms with Gasteiger partial charge in [-0.05, 0) is 37.1 Å². The lowest BCUT2D eigenvalue weighted by molar-refractivity contribution is 0.458. The minimum Gasteiger partial charge on any atom is -0.439 e. The zero-order chi connectivity index (χ0) is 13.1. The molecule has 0 amide bonds. The number of aryl methyl sites for hydroxylation is 2. The Hall–Kier alpha value is -1.81. The molecule has 18 heavy (non-hydrogen) atoms. The van der Waals surface area contributed by atoms with E-state index in [1.165, 1.54) is 0 Å². The van der Waals surface area contributed by atoms with Gasteiger partial charge in [-0.3, -0.25) is 0 Å². The molecule has 94 valence electrons. The third-order valence-corrected chi connectivity index (χ3v) is 2.93. The molecule has 0 spiro atoms. The first-order valence-electron chi connectivity index (χ1n) is 5.65. The zero-order valence-corrected chi connectivity index (χ0v) is 11.0. The fourth-order valence-corrected chi connectivity index (χ4v) is 1.79. The number of hydrogen-bond acceptors (Lipinski definition) is 4. The molecule has 0 saturated heterocycles. The van der Waals surface area contributed by atoms with Crippen LogP contribution in [0, 0.1) is 6.92 Å². The molecule has 0 unspecified atom stereocenters. The number of ether oxygens (including phenoxy) is 1. The van der Waals surface area contributed by atoms with Gasteiger partial charge in [0.05, 0.1) is 0 Å². The van der Waals surface area contributed by atoms with Gasteiger partial charge in [-0.2, -0.15) is 4.98 Å². The maximum Gasteiger partial charge on any atom is 0.226 e. The zero-order valence-electron chi connectivity index (χ0n) is 10.3. The highest BCUT2D eigenvalue weighted by Crippen LogP contribution is 2.27. The van der Waals surface area contributed by atoms with Crippen LogP contribution in [-0.2, 0) is 6.42 Å². The Morgan fingerprint density at radius 2 is 2.17 bits per heavy atom. The predicted octanol–water partition coefficient (Wildman–Crippen LogP) is 3.38. The molecule has 0 fully saturated rings. The molecule has 0 saturated carbocycles. The van der Waals surface area contributed by atoms with Gasteiger partial charge in [-0.25, -0.2) is 4.98 Å². The molecular weight excluding hydrogens is 250 g/mol. The van der Waals surface area contributed by atoms with E-state index in [1.807, 2.05) is 26.0 Å². The van der Waals surface area contributed by atoms with Gasteiger partial charge in [0.2, 0.25) is 11.8 Å². The van der Waals surface area contributed by atoms with E-state index >= 15 is 0 Å². The summed E-state index contributed by atoms with van der Waals surface area (Å²) in [6, 6.07) is 5.52. The van der Waals surface area contributed by atoms with E-state index in [2.05, 4.69) is 9.97 Å². The maximum atomic E-state index is 6.05. The lowest BCUT2D eigenvalue weighted by Crippen LogP contribution is -1.99. The largest absolute Gasteiger partial charge is 0.439 e. The fraction of sp³-hybridized carbons (Fsp3) is 0.231. The van der Waals surface area contributed by atoms with E-state index in [0.29, 0.717) is 11.6 Å². The summed E-state index contributed by atoms with van der Waals surface area (Å²) in [5, 5.41) is 0.740. The first kappa shape index (κ1) is 12.6. The number of nitrogens with zero attached hydrogens (tertiary/aromatic N) is 2. The van der Waals surface area contributed by atoms with Crippen molar-refractivity contribution in [3.05, 3.63) is 40.5 Å². The van der Waals surface area contributed by atoms with Crippen LogP contribution in [0.2, 0.25) is 5.02 Å². The molecule has 1 aromatic heterocycles. The average molecular weight is 264 g/mol. The van der Waals surface area contributed by atoms with E-state index in [-0.39, 0.29) is 5.95 Å². The van der Waals surface area contributed by atoms with E-state index in [4.69, 9.17) is 22.1 Å². The number of anilines is 1. The van der Waals surface area contributed by atoms with Crippen molar-refractivity contribution in [3.63, 3.8) is 0 Å². The summed E-state index contributed by atoms with van der Waals surface area (Å²) in [5.41, 5.74) is 7.40. The van der Waals surface area contributed by atoms with Gasteiger partial charge in [-0.1, -0.05) is 18.5 Å². The molecule has 0 bridgehead atoms. The van der Waals surface area contributed by atoms with E-state index in [1.54, 1.807) is 12.3 Å². The maximum absolute atomic E-state index is 6.05. The van der Waals surface area contributed by atoms with Gasteiger partial charge in [0, 0.05) is 16.8 Å². The Morgan fingerprint density at radius 3 is 2.89 bits per heavy atom. The van der Waals surface area contributed by atoms with Gasteiger partial charge in [0.1, 0.15) is 5.75 Å². The molecule has 0 aliphatic carbocycles. The lowest BCUT2D eigenvalue weighted by atomic mass is 10.1. The highest BCUT2D eigenvalue weighted by molar-refractivity contribution is 6.31. The van der Waals surface area contributed by atoms with Crippen molar-refractivity contribution in [1.82, 2.24) is 9.97 Å². The SMILES string of the molecule is CCc1cc(Oc2nc(N)ncc2C)ccc1Cl. The van der Waals surface area contributed by atoms with Crippen molar-refractivity contribution in [2.75, 3.05) is 5.73 Å². The van der Waals surface area contributed by atoms with Crippen LogP contribution in [-0.4, -0.2) is 9.97 Å². The fourth-order valence-electron chi connectivity index (χ4n) is 1.54. The van der Waals surface area contributed by atoms with E-state index in [9.17, 15) is 0 Å². The second kappa shape index (κ2) is 5.23. The minimum absolute atomic E-state index is 0.195. The van der Waals surface area contributed by atoms with Crippen LogP contribution in [0.4, 0.5) is 5.95 Å². The summed E-state index contributed by atoms with van der Waals surface area (Å²) in [6.45, 7) is 3.91. The second-order valence-electron chi connectivity index (χ2n) is 3.93. The Balaban J connectivity index is 2.31. The first-order valence-corrected chi connectivity index (χ1v) is 6.03. The van der Waals surface area contributed by atoms with Crippen molar-refractivity contribution in [2.24, 2.45) is 0 Å². The number of rotatable bonds is 3. The van der Waals surface area contributed by atoms with Crippen molar-refractivity contribution >= 4 is 17.5 Å². The van der Waals surface area contributed by atoms with Crippen LogP contribution in [0.25, 0.3) is 0 Å². The number of benzene rings is 1. The monoisotopic (exact) mass is 263 g/mol. The molecule has 0 radical (unpaired) electrons. The minimum atomic E-state index is 0.195. The van der Waals surface area contributed by atoms with Crippen LogP contribution in [0.3, 0.4) is 0 Å². The Bertz CT molecular complexity index is 572. The summed E-state index contributed by atoms with van der Waals surface area (Å²) in [7, 11) is 0. The van der Waals surface area contributed by atoms with E-state index in [0.717, 1.165) is 22.6 Å². The van der Waals surface area contributed by atoms with Gasteiger partial charge in [0.25, 0.3) is 0 Å². The first-order chi connectivity index (χ1) is 8.60. The predicted molar refractivity (Wildman–Crippen MR) is 72.1 cm³/mol. The number of halogens is 1. The number of nitrogens with two attached hydrogens (primary N) is 1. The smallest absolute Gasteiger partial charge is 0.226 e. The third kappa shape index (κ3) is 2.71. The molecule has 0 aliphatic heterocycles. The summed E-state index contributed by atoms with van der Waals surface area (Å²) in [5.74, 6) is 1.35. The molecule has 5 heteroatoms. The molecule has 2 rings (SSSR count). The number of nitrogen functional groups attached to an aromatic ring is 1. The molecule has 2 aromatic rings. The summed E-state index contributed by atoms with van der Waals surface area (Å²) in [4.78, 5) is 7.95. The van der Waals surface area contributed by atoms with Crippen LogP contribution in [0.1, 0.15) is 18.1 Å². The summed E-state index contributed by atoms with van der Waals surface area (Å²) >= 11 is 6.05. The Labute approximate surface area is 111 Å². The highest BCUT2D eigenvalue weighted by atomic mass is 35.5. The standard InChI is InChI=1S/C13H14ClN3O/c1-3-9-6-10(4-5-11(9)14)18-12-8(2)7-16-13(15)17-12/h4-7H,3H2,1-2H3,(H2,15,16,17). The van der Waals surface area contributed by atoms with Gasteiger partial charge in [-0.15, -0.1) is 0 Å². The molecule has 4 nitrogen and oxygen atoms in total. The molecule has 1 aromatic carbocycles. The summed E-state index contributed by atoms with van der Waals surface area (Å²) < 4.78 is 5.70. The van der Waals surface area contributed by atoms with Crippen LogP contribution in [0.15, 0.2) is 24.4 Å². The van der Waals surface area contributed by atoms with Crippen LogP contribution in [0.5, 0.6) is 11.6 Å². The quantitative estimate of drug-likeness (QED) is 0.922. The van der Waals surface area contributed by atoms with Crippen LogP contribution >= 0.6 is 11.6 Å². The molecule has 2 N–H and O–H groups in total. The van der Waals surface area contributed by atoms with Crippen molar-refractivity contribution in [1.29, 1.82) is 0 Å². The second-order valence-corrected chi connectivity index (χ2v) is 4.33. The molecular formula is C13H14ClN3O. The Kier molecular flexibility index (Phi) is 3.67. The van der Waals surface area contributed by atoms with E-state index < -0.39 is 0 Å². The number of hydrogen-bond donors (Lipinski definition) is 1.